The normalized spacial score (nSPS) is 17.9. The van der Waals surface area contributed by atoms with Crippen molar-refractivity contribution in [2.45, 2.75) is 25.3 Å². The van der Waals surface area contributed by atoms with Crippen LogP contribution < -0.4 is 10.5 Å². The first-order valence-electron chi connectivity index (χ1n) is 7.02. The topological polar surface area (TPSA) is 66.0 Å². The number of aromatic nitrogens is 3. The third kappa shape index (κ3) is 1.90. The average molecular weight is 300 g/mol. The molecule has 3 heterocycles. The third-order valence-electron chi connectivity index (χ3n) is 4.08. The molecule has 21 heavy (non-hydrogen) atoms. The van der Waals surface area contributed by atoms with E-state index in [1.807, 2.05) is 23.5 Å². The van der Waals surface area contributed by atoms with Crippen molar-refractivity contribution in [2.75, 3.05) is 12.8 Å². The Hall–Kier alpha value is -2.08. The summed E-state index contributed by atoms with van der Waals surface area (Å²) in [5, 5.41) is 2.16. The smallest absolute Gasteiger partial charge is 0.215 e. The van der Waals surface area contributed by atoms with Crippen molar-refractivity contribution >= 4 is 28.4 Å². The number of anilines is 1. The van der Waals surface area contributed by atoms with E-state index in [1.165, 1.54) is 16.9 Å². The number of fused-ring (bicyclic) bond motifs is 2. The Balaban J connectivity index is 1.93. The summed E-state index contributed by atoms with van der Waals surface area (Å²) in [4.78, 5) is 10.4. The van der Waals surface area contributed by atoms with Crippen LogP contribution in [-0.4, -0.2) is 21.6 Å². The van der Waals surface area contributed by atoms with Crippen molar-refractivity contribution in [1.82, 2.24) is 14.5 Å². The standard InChI is InChI=1S/C15H16N4OS/c1-20-13-6-5-10-14(18-13)19(15(16)17-10)11-3-2-4-12-9(11)7-8-21-12/h5-8,11H,2-4H2,1H3,(H2,16,17). The van der Waals surface area contributed by atoms with Gasteiger partial charge in [-0.1, -0.05) is 0 Å². The number of hydrogen-bond donors (Lipinski definition) is 1. The molecule has 1 atom stereocenters. The van der Waals surface area contributed by atoms with Gasteiger partial charge in [0.1, 0.15) is 5.52 Å². The first-order valence-corrected chi connectivity index (χ1v) is 7.90. The van der Waals surface area contributed by atoms with E-state index in [4.69, 9.17) is 10.5 Å². The number of nitrogens with two attached hydrogens (primary N) is 1. The monoisotopic (exact) mass is 300 g/mol. The number of hydrogen-bond acceptors (Lipinski definition) is 5. The molecule has 108 valence electrons. The molecule has 0 fully saturated rings. The summed E-state index contributed by atoms with van der Waals surface area (Å²) in [5.41, 5.74) is 9.16. The first kappa shape index (κ1) is 12.6. The Kier molecular flexibility index (Phi) is 2.85. The lowest BCUT2D eigenvalue weighted by atomic mass is 9.94. The highest BCUT2D eigenvalue weighted by atomic mass is 32.1. The molecule has 5 nitrogen and oxygen atoms in total. The molecule has 6 heteroatoms. The van der Waals surface area contributed by atoms with E-state index >= 15 is 0 Å². The Morgan fingerprint density at radius 1 is 1.33 bits per heavy atom. The van der Waals surface area contributed by atoms with Crippen LogP contribution in [0.1, 0.15) is 29.3 Å². The Bertz CT molecular complexity index is 807. The second kappa shape index (κ2) is 4.73. The van der Waals surface area contributed by atoms with Crippen LogP contribution in [0.25, 0.3) is 11.2 Å². The van der Waals surface area contributed by atoms with Gasteiger partial charge in [-0.3, -0.25) is 4.57 Å². The minimum absolute atomic E-state index is 0.226. The van der Waals surface area contributed by atoms with E-state index in [-0.39, 0.29) is 6.04 Å². The maximum Gasteiger partial charge on any atom is 0.215 e. The zero-order chi connectivity index (χ0) is 14.4. The fraction of sp³-hybridized carbons (Fsp3) is 0.333. The van der Waals surface area contributed by atoms with Crippen molar-refractivity contribution < 1.29 is 4.74 Å². The van der Waals surface area contributed by atoms with Crippen molar-refractivity contribution in [3.63, 3.8) is 0 Å². The fourth-order valence-electron chi connectivity index (χ4n) is 3.13. The van der Waals surface area contributed by atoms with Gasteiger partial charge in [-0.15, -0.1) is 11.3 Å². The molecule has 1 aliphatic rings. The van der Waals surface area contributed by atoms with Crippen LogP contribution in [-0.2, 0) is 6.42 Å². The Morgan fingerprint density at radius 3 is 3.10 bits per heavy atom. The average Bonchev–Trinajstić information content (AvgIpc) is 3.09. The van der Waals surface area contributed by atoms with Crippen LogP contribution in [0.4, 0.5) is 5.95 Å². The van der Waals surface area contributed by atoms with Crippen molar-refractivity contribution in [3.8, 4) is 5.88 Å². The maximum atomic E-state index is 6.18. The summed E-state index contributed by atoms with van der Waals surface area (Å²) in [6.07, 6.45) is 3.40. The van der Waals surface area contributed by atoms with Gasteiger partial charge in [0.25, 0.3) is 0 Å². The minimum atomic E-state index is 0.226. The summed E-state index contributed by atoms with van der Waals surface area (Å²) in [6.45, 7) is 0. The van der Waals surface area contributed by atoms with Crippen molar-refractivity contribution in [3.05, 3.63) is 34.0 Å². The van der Waals surface area contributed by atoms with Crippen LogP contribution in [0.5, 0.6) is 5.88 Å². The molecular formula is C15H16N4OS. The number of imidazole rings is 1. The largest absolute Gasteiger partial charge is 0.481 e. The molecule has 1 aliphatic carbocycles. The van der Waals surface area contributed by atoms with Gasteiger partial charge >= 0.3 is 0 Å². The zero-order valence-corrected chi connectivity index (χ0v) is 12.6. The highest BCUT2D eigenvalue weighted by Crippen LogP contribution is 2.38. The molecular weight excluding hydrogens is 284 g/mol. The van der Waals surface area contributed by atoms with Crippen molar-refractivity contribution in [2.24, 2.45) is 0 Å². The lowest BCUT2D eigenvalue weighted by Crippen LogP contribution is -2.17. The number of nitrogen functional groups attached to an aromatic ring is 1. The summed E-state index contributed by atoms with van der Waals surface area (Å²) in [5.74, 6) is 1.11. The third-order valence-corrected chi connectivity index (χ3v) is 5.08. The van der Waals surface area contributed by atoms with Gasteiger partial charge in [-0.25, -0.2) is 4.98 Å². The molecule has 3 aromatic heterocycles. The summed E-state index contributed by atoms with van der Waals surface area (Å²) < 4.78 is 7.30. The molecule has 2 N–H and O–H groups in total. The summed E-state index contributed by atoms with van der Waals surface area (Å²) in [6, 6.07) is 6.15. The maximum absolute atomic E-state index is 6.18. The van der Waals surface area contributed by atoms with E-state index in [0.29, 0.717) is 11.8 Å². The lowest BCUT2D eigenvalue weighted by Gasteiger charge is -2.25. The molecule has 0 spiro atoms. The molecule has 3 aromatic rings. The quantitative estimate of drug-likeness (QED) is 0.790. The molecule has 0 aliphatic heterocycles. The van der Waals surface area contributed by atoms with E-state index < -0.39 is 0 Å². The van der Waals surface area contributed by atoms with Gasteiger partial charge in [-0.05, 0) is 42.3 Å². The summed E-state index contributed by atoms with van der Waals surface area (Å²) in [7, 11) is 1.62. The Labute approximate surface area is 126 Å². The number of thiophene rings is 1. The molecule has 0 radical (unpaired) electrons. The number of nitrogens with zero attached hydrogens (tertiary/aromatic N) is 3. The molecule has 0 bridgehead atoms. The highest BCUT2D eigenvalue weighted by Gasteiger charge is 2.26. The van der Waals surface area contributed by atoms with Crippen LogP contribution in [0.15, 0.2) is 23.6 Å². The number of pyridine rings is 1. The molecule has 0 aromatic carbocycles. The predicted molar refractivity (Wildman–Crippen MR) is 83.9 cm³/mol. The van der Waals surface area contributed by atoms with Gasteiger partial charge in [0.05, 0.1) is 13.2 Å². The van der Waals surface area contributed by atoms with Crippen molar-refractivity contribution in [1.29, 1.82) is 0 Å². The second-order valence-corrected chi connectivity index (χ2v) is 6.24. The Morgan fingerprint density at radius 2 is 2.24 bits per heavy atom. The van der Waals surface area contributed by atoms with Crippen LogP contribution in [0.3, 0.4) is 0 Å². The van der Waals surface area contributed by atoms with Crippen LogP contribution in [0, 0.1) is 0 Å². The number of ether oxygens (including phenoxy) is 1. The van der Waals surface area contributed by atoms with E-state index in [9.17, 15) is 0 Å². The van der Waals surface area contributed by atoms with Gasteiger partial charge in [0, 0.05) is 10.9 Å². The number of rotatable bonds is 2. The second-order valence-electron chi connectivity index (χ2n) is 5.24. The van der Waals surface area contributed by atoms with Gasteiger partial charge < -0.3 is 10.5 Å². The lowest BCUT2D eigenvalue weighted by molar-refractivity contribution is 0.398. The van der Waals surface area contributed by atoms with Gasteiger partial charge in [0.15, 0.2) is 5.65 Å². The number of methoxy groups -OCH3 is 1. The molecule has 0 saturated carbocycles. The van der Waals surface area contributed by atoms with Crippen LogP contribution in [0.2, 0.25) is 0 Å². The highest BCUT2D eigenvalue weighted by molar-refractivity contribution is 7.10. The van der Waals surface area contributed by atoms with E-state index in [2.05, 4.69) is 26.0 Å². The first-order chi connectivity index (χ1) is 10.3. The summed E-state index contributed by atoms with van der Waals surface area (Å²) >= 11 is 1.83. The molecule has 0 saturated heterocycles. The van der Waals surface area contributed by atoms with Gasteiger partial charge in [0.2, 0.25) is 11.8 Å². The fourth-order valence-corrected chi connectivity index (χ4v) is 4.11. The number of aryl methyl sites for hydroxylation is 1. The molecule has 0 amide bonds. The predicted octanol–water partition coefficient (Wildman–Crippen LogP) is 3.01. The van der Waals surface area contributed by atoms with E-state index in [1.54, 1.807) is 7.11 Å². The van der Waals surface area contributed by atoms with E-state index in [0.717, 1.165) is 24.0 Å². The van der Waals surface area contributed by atoms with Crippen LogP contribution >= 0.6 is 11.3 Å². The van der Waals surface area contributed by atoms with Gasteiger partial charge in [-0.2, -0.15) is 4.98 Å². The minimum Gasteiger partial charge on any atom is -0.481 e. The molecule has 4 rings (SSSR count). The zero-order valence-electron chi connectivity index (χ0n) is 11.7. The SMILES string of the molecule is COc1ccc2nc(N)n(C3CCCc4sccc43)c2n1. The molecule has 1 unspecified atom stereocenters.